The van der Waals surface area contributed by atoms with Crippen LogP contribution in [0.15, 0.2) is 30.3 Å². The van der Waals surface area contributed by atoms with Gasteiger partial charge in [0.2, 0.25) is 0 Å². The molecule has 0 saturated carbocycles. The van der Waals surface area contributed by atoms with Crippen LogP contribution in [0.2, 0.25) is 0 Å². The summed E-state index contributed by atoms with van der Waals surface area (Å²) in [6.45, 7) is 2.81. The van der Waals surface area contributed by atoms with Crippen molar-refractivity contribution in [2.24, 2.45) is 0 Å². The molecule has 16 heavy (non-hydrogen) atoms. The highest BCUT2D eigenvalue weighted by molar-refractivity contribution is 5.91. The van der Waals surface area contributed by atoms with Crippen LogP contribution in [0.25, 0.3) is 6.08 Å². The molecule has 0 amide bonds. The zero-order valence-corrected chi connectivity index (χ0v) is 9.18. The van der Waals surface area contributed by atoms with Crippen molar-refractivity contribution in [1.82, 2.24) is 0 Å². The standard InChI is InChI=1S/C13H14O3/c1-10(14)5-6-11-3-2-4-12(9-11)13-15-7-8-16-13/h2-6,9,13H,7-8H2,1H3/b6-5+. The molecule has 1 saturated heterocycles. The van der Waals surface area contributed by atoms with Gasteiger partial charge in [-0.05, 0) is 24.6 Å². The fourth-order valence-corrected chi connectivity index (χ4v) is 1.57. The summed E-state index contributed by atoms with van der Waals surface area (Å²) in [5, 5.41) is 0. The van der Waals surface area contributed by atoms with Crippen molar-refractivity contribution in [2.75, 3.05) is 13.2 Å². The highest BCUT2D eigenvalue weighted by atomic mass is 16.7. The minimum Gasteiger partial charge on any atom is -0.346 e. The molecule has 1 heterocycles. The number of rotatable bonds is 3. The summed E-state index contributed by atoms with van der Waals surface area (Å²) in [7, 11) is 0. The van der Waals surface area contributed by atoms with Crippen molar-refractivity contribution in [1.29, 1.82) is 0 Å². The molecule has 0 aliphatic carbocycles. The summed E-state index contributed by atoms with van der Waals surface area (Å²) in [5.74, 6) is 0.0405. The molecule has 1 aromatic carbocycles. The average molecular weight is 218 g/mol. The summed E-state index contributed by atoms with van der Waals surface area (Å²) in [4.78, 5) is 10.8. The van der Waals surface area contributed by atoms with Gasteiger partial charge in [-0.1, -0.05) is 24.3 Å². The van der Waals surface area contributed by atoms with Gasteiger partial charge in [0.05, 0.1) is 13.2 Å². The van der Waals surface area contributed by atoms with Gasteiger partial charge < -0.3 is 9.47 Å². The predicted molar refractivity (Wildman–Crippen MR) is 60.8 cm³/mol. The van der Waals surface area contributed by atoms with E-state index in [1.807, 2.05) is 24.3 Å². The van der Waals surface area contributed by atoms with E-state index in [4.69, 9.17) is 9.47 Å². The molecule has 0 bridgehead atoms. The van der Waals surface area contributed by atoms with Gasteiger partial charge in [0, 0.05) is 5.56 Å². The van der Waals surface area contributed by atoms with E-state index >= 15 is 0 Å². The average Bonchev–Trinajstić information content (AvgIpc) is 2.80. The Bertz CT molecular complexity index is 403. The van der Waals surface area contributed by atoms with Crippen LogP contribution in [0.1, 0.15) is 24.3 Å². The van der Waals surface area contributed by atoms with E-state index in [1.54, 1.807) is 12.2 Å². The lowest BCUT2D eigenvalue weighted by atomic mass is 10.1. The molecule has 2 rings (SSSR count). The van der Waals surface area contributed by atoms with Gasteiger partial charge in [-0.15, -0.1) is 0 Å². The Morgan fingerprint density at radius 3 is 2.81 bits per heavy atom. The predicted octanol–water partition coefficient (Wildman–Crippen LogP) is 2.33. The van der Waals surface area contributed by atoms with Crippen LogP contribution < -0.4 is 0 Å². The molecule has 0 radical (unpaired) electrons. The molecule has 1 aromatic rings. The summed E-state index contributed by atoms with van der Waals surface area (Å²) < 4.78 is 10.8. The molecule has 84 valence electrons. The van der Waals surface area contributed by atoms with Crippen LogP contribution in [0, 0.1) is 0 Å². The highest BCUT2D eigenvalue weighted by Crippen LogP contribution is 2.24. The zero-order chi connectivity index (χ0) is 11.4. The molecule has 0 spiro atoms. The van der Waals surface area contributed by atoms with Crippen LogP contribution in [-0.4, -0.2) is 19.0 Å². The summed E-state index contributed by atoms with van der Waals surface area (Å²) in [5.41, 5.74) is 1.97. The van der Waals surface area contributed by atoms with E-state index in [9.17, 15) is 4.79 Å². The van der Waals surface area contributed by atoms with Crippen LogP contribution in [0.3, 0.4) is 0 Å². The minimum absolute atomic E-state index is 0.0405. The van der Waals surface area contributed by atoms with Crippen molar-refractivity contribution in [2.45, 2.75) is 13.2 Å². The molecule has 0 unspecified atom stereocenters. The highest BCUT2D eigenvalue weighted by Gasteiger charge is 2.17. The summed E-state index contributed by atoms with van der Waals surface area (Å²) in [6.07, 6.45) is 3.08. The molecule has 1 fully saturated rings. The van der Waals surface area contributed by atoms with Gasteiger partial charge in [-0.2, -0.15) is 0 Å². The van der Waals surface area contributed by atoms with Crippen molar-refractivity contribution in [3.8, 4) is 0 Å². The third-order valence-corrected chi connectivity index (χ3v) is 2.32. The first-order chi connectivity index (χ1) is 7.75. The number of carbonyl (C=O) groups excluding carboxylic acids is 1. The number of ketones is 1. The Balaban J connectivity index is 2.15. The molecular formula is C13H14O3. The third-order valence-electron chi connectivity index (χ3n) is 2.32. The SMILES string of the molecule is CC(=O)/C=C/c1cccc(C2OCCO2)c1. The molecule has 0 N–H and O–H groups in total. The first-order valence-corrected chi connectivity index (χ1v) is 5.27. The molecular weight excluding hydrogens is 204 g/mol. The number of ether oxygens (including phenoxy) is 2. The van der Waals surface area contributed by atoms with Crippen molar-refractivity contribution >= 4 is 11.9 Å². The maximum absolute atomic E-state index is 10.8. The Hall–Kier alpha value is -1.45. The van der Waals surface area contributed by atoms with Gasteiger partial charge >= 0.3 is 0 Å². The summed E-state index contributed by atoms with van der Waals surface area (Å²) >= 11 is 0. The van der Waals surface area contributed by atoms with Gasteiger partial charge in [-0.25, -0.2) is 0 Å². The monoisotopic (exact) mass is 218 g/mol. The largest absolute Gasteiger partial charge is 0.346 e. The van der Waals surface area contributed by atoms with E-state index in [2.05, 4.69) is 0 Å². The fraction of sp³-hybridized carbons (Fsp3) is 0.308. The van der Waals surface area contributed by atoms with Crippen molar-refractivity contribution < 1.29 is 14.3 Å². The molecule has 3 nitrogen and oxygen atoms in total. The lowest BCUT2D eigenvalue weighted by Gasteiger charge is -2.09. The van der Waals surface area contributed by atoms with E-state index in [1.165, 1.54) is 6.92 Å². The fourth-order valence-electron chi connectivity index (χ4n) is 1.57. The first-order valence-electron chi connectivity index (χ1n) is 5.27. The molecule has 1 aliphatic heterocycles. The van der Waals surface area contributed by atoms with Gasteiger partial charge in [0.25, 0.3) is 0 Å². The lowest BCUT2D eigenvalue weighted by Crippen LogP contribution is -1.97. The van der Waals surface area contributed by atoms with E-state index in [0.717, 1.165) is 11.1 Å². The van der Waals surface area contributed by atoms with Gasteiger partial charge in [-0.3, -0.25) is 4.79 Å². The third kappa shape index (κ3) is 2.78. The smallest absolute Gasteiger partial charge is 0.184 e. The number of hydrogen-bond donors (Lipinski definition) is 0. The first kappa shape index (κ1) is 11.0. The van der Waals surface area contributed by atoms with E-state index < -0.39 is 0 Å². The number of hydrogen-bond acceptors (Lipinski definition) is 3. The maximum Gasteiger partial charge on any atom is 0.184 e. The number of allylic oxidation sites excluding steroid dienone is 1. The topological polar surface area (TPSA) is 35.5 Å². The van der Waals surface area contributed by atoms with Gasteiger partial charge in [0.1, 0.15) is 0 Å². The number of carbonyl (C=O) groups is 1. The summed E-state index contributed by atoms with van der Waals surface area (Å²) in [6, 6.07) is 7.80. The normalized spacial score (nSPS) is 17.1. The van der Waals surface area contributed by atoms with Crippen molar-refractivity contribution in [3.05, 3.63) is 41.5 Å². The Kier molecular flexibility index (Phi) is 3.49. The molecule has 0 aromatic heterocycles. The zero-order valence-electron chi connectivity index (χ0n) is 9.18. The second kappa shape index (κ2) is 5.05. The van der Waals surface area contributed by atoms with Crippen LogP contribution in [-0.2, 0) is 14.3 Å². The quantitative estimate of drug-likeness (QED) is 0.730. The molecule has 1 aliphatic rings. The van der Waals surface area contributed by atoms with E-state index in [-0.39, 0.29) is 12.1 Å². The Morgan fingerprint density at radius 1 is 1.38 bits per heavy atom. The van der Waals surface area contributed by atoms with Crippen LogP contribution in [0.5, 0.6) is 0 Å². The second-order valence-corrected chi connectivity index (χ2v) is 3.69. The Labute approximate surface area is 94.7 Å². The second-order valence-electron chi connectivity index (χ2n) is 3.69. The molecule has 3 heteroatoms. The Morgan fingerprint density at radius 2 is 2.12 bits per heavy atom. The van der Waals surface area contributed by atoms with Gasteiger partial charge in [0.15, 0.2) is 12.1 Å². The van der Waals surface area contributed by atoms with Crippen LogP contribution in [0.4, 0.5) is 0 Å². The van der Waals surface area contributed by atoms with Crippen LogP contribution >= 0.6 is 0 Å². The van der Waals surface area contributed by atoms with E-state index in [0.29, 0.717) is 13.2 Å². The molecule has 0 atom stereocenters. The maximum atomic E-state index is 10.8. The minimum atomic E-state index is -0.259. The van der Waals surface area contributed by atoms with Crippen molar-refractivity contribution in [3.63, 3.8) is 0 Å². The lowest BCUT2D eigenvalue weighted by molar-refractivity contribution is -0.112. The number of benzene rings is 1.